The zero-order chi connectivity index (χ0) is 22.5. The summed E-state index contributed by atoms with van der Waals surface area (Å²) in [6.07, 6.45) is 0.533. The molecule has 1 aromatic rings. The van der Waals surface area contributed by atoms with Gasteiger partial charge in [0.2, 0.25) is 0 Å². The molecule has 3 N–H and O–H groups in total. The van der Waals surface area contributed by atoms with Crippen molar-refractivity contribution >= 4 is 23.8 Å². The summed E-state index contributed by atoms with van der Waals surface area (Å²) >= 11 is 0. The van der Waals surface area contributed by atoms with E-state index >= 15 is 0 Å². The van der Waals surface area contributed by atoms with Crippen molar-refractivity contribution in [2.45, 2.75) is 59.1 Å². The van der Waals surface area contributed by atoms with Crippen molar-refractivity contribution in [1.82, 2.24) is 10.2 Å². The molecule has 8 heteroatoms. The fourth-order valence-corrected chi connectivity index (χ4v) is 3.52. The van der Waals surface area contributed by atoms with Crippen molar-refractivity contribution in [2.24, 2.45) is 11.8 Å². The van der Waals surface area contributed by atoms with E-state index in [1.165, 1.54) is 0 Å². The first-order valence-corrected chi connectivity index (χ1v) is 10.3. The van der Waals surface area contributed by atoms with Crippen LogP contribution in [-0.4, -0.2) is 52.8 Å². The lowest BCUT2D eigenvalue weighted by atomic mass is 9.86. The summed E-state index contributed by atoms with van der Waals surface area (Å²) in [5.41, 5.74) is 0.841. The Hall–Kier alpha value is -2.77. The lowest BCUT2D eigenvalue weighted by molar-refractivity contribution is -0.143. The highest BCUT2D eigenvalue weighted by molar-refractivity contribution is 5.89. The van der Waals surface area contributed by atoms with E-state index in [9.17, 15) is 19.5 Å². The summed E-state index contributed by atoms with van der Waals surface area (Å²) in [6, 6.07) is 6.90. The number of aliphatic carboxylic acids is 1. The van der Waals surface area contributed by atoms with Gasteiger partial charge in [-0.15, -0.1) is 0 Å². The second-order valence-corrected chi connectivity index (χ2v) is 9.08. The molecular weight excluding hydrogens is 386 g/mol. The van der Waals surface area contributed by atoms with Gasteiger partial charge in [-0.2, -0.15) is 0 Å². The minimum Gasteiger partial charge on any atom is -0.481 e. The first-order chi connectivity index (χ1) is 13.9. The number of hydrogen-bond acceptors (Lipinski definition) is 4. The van der Waals surface area contributed by atoms with Crippen LogP contribution in [0.2, 0.25) is 0 Å². The first kappa shape index (κ1) is 23.5. The maximum Gasteiger partial charge on any atom is 0.410 e. The van der Waals surface area contributed by atoms with E-state index in [-0.39, 0.29) is 18.0 Å². The number of urea groups is 1. The molecule has 30 heavy (non-hydrogen) atoms. The molecule has 1 aliphatic heterocycles. The lowest BCUT2D eigenvalue weighted by Crippen LogP contribution is -2.36. The van der Waals surface area contributed by atoms with Crippen molar-refractivity contribution in [3.8, 4) is 0 Å². The van der Waals surface area contributed by atoms with Crippen molar-refractivity contribution in [2.75, 3.05) is 18.4 Å². The summed E-state index contributed by atoms with van der Waals surface area (Å²) in [4.78, 5) is 37.7. The molecule has 2 rings (SSSR count). The number of amides is 3. The van der Waals surface area contributed by atoms with Gasteiger partial charge in [0.05, 0.1) is 5.92 Å². The molecule has 0 radical (unpaired) electrons. The normalized spacial score (nSPS) is 17.5. The van der Waals surface area contributed by atoms with Gasteiger partial charge in [0.1, 0.15) is 5.60 Å². The molecule has 166 valence electrons. The molecule has 0 aliphatic carbocycles. The Morgan fingerprint density at radius 1 is 1.27 bits per heavy atom. The van der Waals surface area contributed by atoms with Crippen molar-refractivity contribution in [3.63, 3.8) is 0 Å². The van der Waals surface area contributed by atoms with Crippen LogP contribution in [0.25, 0.3) is 0 Å². The van der Waals surface area contributed by atoms with E-state index in [1.54, 1.807) is 43.9 Å². The second kappa shape index (κ2) is 9.82. The lowest BCUT2D eigenvalue weighted by Gasteiger charge is -2.25. The molecule has 8 nitrogen and oxygen atoms in total. The molecule has 0 bridgehead atoms. The zero-order valence-corrected chi connectivity index (χ0v) is 18.4. The third-order valence-corrected chi connectivity index (χ3v) is 4.82. The van der Waals surface area contributed by atoms with Gasteiger partial charge >= 0.3 is 18.1 Å². The number of likely N-dealkylation sites (tertiary alicyclic amines) is 1. The molecule has 2 atom stereocenters. The number of anilines is 1. The second-order valence-electron chi connectivity index (χ2n) is 9.08. The van der Waals surface area contributed by atoms with Gasteiger partial charge < -0.3 is 25.4 Å². The summed E-state index contributed by atoms with van der Waals surface area (Å²) in [5, 5.41) is 15.3. The summed E-state index contributed by atoms with van der Waals surface area (Å²) in [5.74, 6) is -1.67. The van der Waals surface area contributed by atoms with Crippen LogP contribution in [0.4, 0.5) is 15.3 Å². The predicted molar refractivity (Wildman–Crippen MR) is 114 cm³/mol. The molecule has 0 unspecified atom stereocenters. The predicted octanol–water partition coefficient (Wildman–Crippen LogP) is 3.72. The summed E-state index contributed by atoms with van der Waals surface area (Å²) < 4.78 is 5.40. The highest BCUT2D eigenvalue weighted by Crippen LogP contribution is 2.29. The monoisotopic (exact) mass is 419 g/mol. The quantitative estimate of drug-likeness (QED) is 0.651. The number of nitrogens with one attached hydrogen (secondary N) is 2. The van der Waals surface area contributed by atoms with Crippen LogP contribution in [0, 0.1) is 11.8 Å². The average Bonchev–Trinajstić information content (AvgIpc) is 3.07. The number of hydrogen-bond donors (Lipinski definition) is 3. The van der Waals surface area contributed by atoms with E-state index < -0.39 is 23.6 Å². The van der Waals surface area contributed by atoms with Crippen LogP contribution in [0.1, 0.15) is 46.6 Å². The van der Waals surface area contributed by atoms with E-state index in [2.05, 4.69) is 10.6 Å². The van der Waals surface area contributed by atoms with Crippen LogP contribution in [0.15, 0.2) is 24.3 Å². The van der Waals surface area contributed by atoms with E-state index in [4.69, 9.17) is 4.74 Å². The molecule has 1 aromatic carbocycles. The van der Waals surface area contributed by atoms with Crippen molar-refractivity contribution in [3.05, 3.63) is 29.8 Å². The molecule has 1 heterocycles. The highest BCUT2D eigenvalue weighted by atomic mass is 16.6. The molecule has 1 saturated heterocycles. The standard InChI is InChI=1S/C22H33N3O5/c1-14(2)23-20(28)24-17-8-6-7-15(11-17)12-18(19(26)27)16-9-10-25(13-16)21(29)30-22(3,4)5/h6-8,11,14,16,18H,9-10,12-13H2,1-5H3,(H,26,27)(H2,23,24,28)/t16-,18-/m0/s1. The largest absolute Gasteiger partial charge is 0.481 e. The third kappa shape index (κ3) is 7.24. The Bertz CT molecular complexity index is 772. The highest BCUT2D eigenvalue weighted by Gasteiger charge is 2.37. The molecule has 0 spiro atoms. The van der Waals surface area contributed by atoms with Gasteiger partial charge in [-0.05, 0) is 71.1 Å². The molecule has 1 aliphatic rings. The minimum absolute atomic E-state index is 0.0138. The van der Waals surface area contributed by atoms with Crippen LogP contribution < -0.4 is 10.6 Å². The number of carbonyl (C=O) groups is 3. The third-order valence-electron chi connectivity index (χ3n) is 4.82. The number of carboxylic acid groups (broad SMARTS) is 1. The zero-order valence-electron chi connectivity index (χ0n) is 18.4. The molecule has 0 saturated carbocycles. The van der Waals surface area contributed by atoms with Gasteiger partial charge in [0.25, 0.3) is 0 Å². The minimum atomic E-state index is -0.887. The maximum absolute atomic E-state index is 12.3. The van der Waals surface area contributed by atoms with Gasteiger partial charge in [-0.25, -0.2) is 9.59 Å². The smallest absolute Gasteiger partial charge is 0.410 e. The van der Waals surface area contributed by atoms with Crippen LogP contribution in [0.3, 0.4) is 0 Å². The van der Waals surface area contributed by atoms with E-state index in [0.29, 0.717) is 31.6 Å². The average molecular weight is 420 g/mol. The van der Waals surface area contributed by atoms with E-state index in [0.717, 1.165) is 5.56 Å². The molecule has 3 amide bonds. The Labute approximate surface area is 178 Å². The number of ether oxygens (including phenoxy) is 1. The fraction of sp³-hybridized carbons (Fsp3) is 0.591. The van der Waals surface area contributed by atoms with Gasteiger partial charge in [0, 0.05) is 24.8 Å². The Kier molecular flexibility index (Phi) is 7.70. The Morgan fingerprint density at radius 2 is 1.97 bits per heavy atom. The number of benzene rings is 1. The number of nitrogens with zero attached hydrogens (tertiary/aromatic N) is 1. The first-order valence-electron chi connectivity index (χ1n) is 10.3. The molecular formula is C22H33N3O5. The number of rotatable bonds is 6. The van der Waals surface area contributed by atoms with Crippen LogP contribution in [0.5, 0.6) is 0 Å². The topological polar surface area (TPSA) is 108 Å². The number of carbonyl (C=O) groups excluding carboxylic acids is 2. The maximum atomic E-state index is 12.3. The van der Waals surface area contributed by atoms with Gasteiger partial charge in [-0.3, -0.25) is 4.79 Å². The van der Waals surface area contributed by atoms with Crippen molar-refractivity contribution < 1.29 is 24.2 Å². The van der Waals surface area contributed by atoms with Crippen LogP contribution in [-0.2, 0) is 16.0 Å². The summed E-state index contributed by atoms with van der Waals surface area (Å²) in [7, 11) is 0. The summed E-state index contributed by atoms with van der Waals surface area (Å²) in [6.45, 7) is 10.0. The Morgan fingerprint density at radius 3 is 2.57 bits per heavy atom. The number of carboxylic acids is 1. The Balaban J connectivity index is 2.03. The SMILES string of the molecule is CC(C)NC(=O)Nc1cccc(C[C@H](C(=O)O)[C@H]2CCN(C(=O)OC(C)(C)C)C2)c1. The van der Waals surface area contributed by atoms with Crippen LogP contribution >= 0.6 is 0 Å². The molecule has 0 aromatic heterocycles. The van der Waals surface area contributed by atoms with E-state index in [1.807, 2.05) is 19.9 Å². The van der Waals surface area contributed by atoms with Gasteiger partial charge in [-0.1, -0.05) is 12.1 Å². The van der Waals surface area contributed by atoms with Crippen molar-refractivity contribution in [1.29, 1.82) is 0 Å². The fourth-order valence-electron chi connectivity index (χ4n) is 3.52. The molecule has 1 fully saturated rings. The van der Waals surface area contributed by atoms with Gasteiger partial charge in [0.15, 0.2) is 0 Å².